The molecule has 0 spiro atoms. The minimum Gasteiger partial charge on any atom is -0.394 e. The fourth-order valence-electron chi connectivity index (χ4n) is 15.4. The molecule has 34 heteroatoms. The number of carbonyl (C=O) groups excluding carboxylic acids is 2. The van der Waals surface area contributed by atoms with Crippen molar-refractivity contribution in [2.24, 2.45) is 0 Å². The van der Waals surface area contributed by atoms with Gasteiger partial charge in [0.05, 0.1) is 57.9 Å². The molecule has 32 atom stereocenters. The number of allylic oxidation sites excluding steroid dienone is 1. The summed E-state index contributed by atoms with van der Waals surface area (Å²) in [5.74, 6) is -1.17. The van der Waals surface area contributed by atoms with Gasteiger partial charge in [0.1, 0.15) is 140 Å². The summed E-state index contributed by atoms with van der Waals surface area (Å²) < 4.78 is 70.0. The highest BCUT2D eigenvalue weighted by molar-refractivity contribution is 5.76. The predicted molar refractivity (Wildman–Crippen MR) is 399 cm³/mol. The third kappa shape index (κ3) is 30.3. The van der Waals surface area contributed by atoms with Crippen molar-refractivity contribution in [1.29, 1.82) is 0 Å². The highest BCUT2D eigenvalue weighted by Gasteiger charge is 2.58. The fraction of sp³-hybridized carbons (Fsp3) is 0.949. The Balaban J connectivity index is 1.03. The van der Waals surface area contributed by atoms with E-state index in [1.165, 1.54) is 142 Å². The minimum atomic E-state index is -2.24. The second-order valence-electron chi connectivity index (χ2n) is 31.3. The molecule has 34 nitrogen and oxygen atoms in total. The van der Waals surface area contributed by atoms with E-state index in [0.29, 0.717) is 12.8 Å². The van der Waals surface area contributed by atoms with Crippen molar-refractivity contribution in [1.82, 2.24) is 10.6 Å². The molecule has 112 heavy (non-hydrogen) atoms. The molecule has 2 amide bonds. The van der Waals surface area contributed by atoms with Gasteiger partial charge in [-0.05, 0) is 26.2 Å². The van der Waals surface area contributed by atoms with Gasteiger partial charge in [-0.3, -0.25) is 9.59 Å². The monoisotopic (exact) mass is 1620 g/mol. The maximum Gasteiger partial charge on any atom is 0.220 e. The van der Waals surface area contributed by atoms with E-state index in [4.69, 9.17) is 56.8 Å². The minimum absolute atomic E-state index is 0.191. The molecule has 6 fully saturated rings. The fourth-order valence-corrected chi connectivity index (χ4v) is 15.4. The lowest BCUT2D eigenvalue weighted by Crippen LogP contribution is -2.70. The molecular weight excluding hydrogens is 1480 g/mol. The molecule has 0 bridgehead atoms. The molecule has 12 unspecified atom stereocenters. The third-order valence-corrected chi connectivity index (χ3v) is 22.3. The van der Waals surface area contributed by atoms with E-state index in [1.54, 1.807) is 6.08 Å². The van der Waals surface area contributed by atoms with Gasteiger partial charge in [-0.1, -0.05) is 206 Å². The maximum absolute atomic E-state index is 13.5. The van der Waals surface area contributed by atoms with Gasteiger partial charge in [-0.2, -0.15) is 0 Å². The highest BCUT2D eigenvalue weighted by Crippen LogP contribution is 2.38. The van der Waals surface area contributed by atoms with Gasteiger partial charge in [0.25, 0.3) is 0 Å². The van der Waals surface area contributed by atoms with E-state index < -0.39 is 242 Å². The second-order valence-corrected chi connectivity index (χ2v) is 31.3. The highest BCUT2D eigenvalue weighted by atomic mass is 16.8. The summed E-state index contributed by atoms with van der Waals surface area (Å²) in [7, 11) is 0. The summed E-state index contributed by atoms with van der Waals surface area (Å²) in [6.45, 7) is 1.44. The SMILES string of the molecule is CCCCCCCCCCCCC/C=C/[C@@H](O)[C@H](CO[C@@H]1OC(CO)[C@@H](O[C@@H]2OC(CO)[C@H](O[C@@H]3OC(CO)[C@H](O[C@@H]4OC(CO)[C@H](O)[C@H](O[C@@H]5OC(CO)[C@H](O)[C@H](O[C@H]6C(O)[C@H](O)C(C)O[C@H]6O)C5O)C4NC(C)=O)[C@H](O)C3O)[C@H](O)C2O)[C@H](O)C1O)NC(=O)CCCCCCCCCCCCCCCCCCCCC. The number of carbonyl (C=O) groups is 2. The van der Waals surface area contributed by atoms with Crippen LogP contribution in [0.2, 0.25) is 0 Å². The van der Waals surface area contributed by atoms with Crippen LogP contribution in [0.5, 0.6) is 0 Å². The number of aliphatic hydroxyl groups excluding tert-OH is 18. The summed E-state index contributed by atoms with van der Waals surface area (Å²) in [6, 6.07) is -2.81. The molecule has 0 aliphatic carbocycles. The molecular formula is C78H142N2O32. The molecule has 6 rings (SSSR count). The first-order valence-electron chi connectivity index (χ1n) is 41.8. The molecule has 6 heterocycles. The summed E-state index contributed by atoms with van der Waals surface area (Å²) in [6.07, 6.45) is -15.4. The number of hydrogen-bond acceptors (Lipinski definition) is 32. The van der Waals surface area contributed by atoms with Crippen LogP contribution >= 0.6 is 0 Å². The van der Waals surface area contributed by atoms with E-state index in [1.807, 2.05) is 6.08 Å². The van der Waals surface area contributed by atoms with Gasteiger partial charge in [-0.15, -0.1) is 0 Å². The topological polar surface area (TPSA) is 533 Å². The molecule has 6 aliphatic rings. The standard InChI is InChI=1S/C78H142N2O32/c1-5-7-9-11-13-15-17-19-20-21-22-23-24-26-28-30-32-34-36-38-54(88)80-47(48(87)37-35-33-31-29-27-25-18-16-14-12-10-8-6-2)44-101-75-63(96)60(93)68(51(41-83)105-75)110-77-65(98)62(95)69(53(43-85)107-77)111-76-64(97)61(94)67(52(42-84)106-76)109-74-55(79-46(4)86)70(57(90)49(39-81)103-74)112-78-66(99)71(58(91)50(40-82)104-78)108-72-59(92)56(89)45(3)102-73(72)100/h35,37,45,47-53,55-78,81-85,87,89-100H,5-34,36,38-44H2,1-4H3,(H,79,86)(H,80,88)/b37-35+/t45?,47-,48+,49?,50?,51?,52?,53?,55?,56+,57-,58-,59?,60+,61+,62+,63?,64?,65?,66?,67-,68+,69-,70+,71-,72-,73+,74-,75+,76-,77-,78-/m0/s1. The Morgan fingerprint density at radius 1 is 0.375 bits per heavy atom. The van der Waals surface area contributed by atoms with Crippen molar-refractivity contribution in [2.45, 2.75) is 429 Å². The lowest BCUT2D eigenvalue weighted by Gasteiger charge is -2.50. The lowest BCUT2D eigenvalue weighted by atomic mass is 9.94. The van der Waals surface area contributed by atoms with E-state index in [2.05, 4.69) is 24.5 Å². The van der Waals surface area contributed by atoms with Gasteiger partial charge in [0.15, 0.2) is 37.7 Å². The smallest absolute Gasteiger partial charge is 0.220 e. The normalized spacial score (nSPS) is 37.3. The largest absolute Gasteiger partial charge is 0.394 e. The number of nitrogens with one attached hydrogen (secondary N) is 2. The second kappa shape index (κ2) is 53.2. The van der Waals surface area contributed by atoms with Gasteiger partial charge in [-0.25, -0.2) is 0 Å². The van der Waals surface area contributed by atoms with Crippen LogP contribution in [0.15, 0.2) is 12.2 Å². The third-order valence-electron chi connectivity index (χ3n) is 22.3. The predicted octanol–water partition coefficient (Wildman–Crippen LogP) is 0.0202. The van der Waals surface area contributed by atoms with Crippen molar-refractivity contribution in [2.75, 3.05) is 39.6 Å². The van der Waals surface area contributed by atoms with E-state index in [-0.39, 0.29) is 12.3 Å². The van der Waals surface area contributed by atoms with Crippen molar-refractivity contribution in [3.63, 3.8) is 0 Å². The number of amides is 2. The van der Waals surface area contributed by atoms with Crippen molar-refractivity contribution >= 4 is 11.8 Å². The van der Waals surface area contributed by atoms with Crippen LogP contribution in [0.3, 0.4) is 0 Å². The molecule has 656 valence electrons. The van der Waals surface area contributed by atoms with Crippen LogP contribution in [0.4, 0.5) is 0 Å². The summed E-state index contributed by atoms with van der Waals surface area (Å²) >= 11 is 0. The van der Waals surface area contributed by atoms with Gasteiger partial charge in [0, 0.05) is 13.3 Å². The summed E-state index contributed by atoms with van der Waals surface area (Å²) in [5, 5.41) is 206. The van der Waals surface area contributed by atoms with Crippen LogP contribution in [0, 0.1) is 0 Å². The van der Waals surface area contributed by atoms with Gasteiger partial charge < -0.3 is 159 Å². The van der Waals surface area contributed by atoms with Crippen LogP contribution in [0.25, 0.3) is 0 Å². The number of hydrogen-bond donors (Lipinski definition) is 20. The van der Waals surface area contributed by atoms with Gasteiger partial charge in [0.2, 0.25) is 11.8 Å². The first kappa shape index (κ1) is 98.3. The Morgan fingerprint density at radius 2 is 0.723 bits per heavy atom. The van der Waals surface area contributed by atoms with E-state index in [0.717, 1.165) is 58.3 Å². The molecule has 0 radical (unpaired) electrons. The van der Waals surface area contributed by atoms with Crippen molar-refractivity contribution in [3.8, 4) is 0 Å². The number of ether oxygens (including phenoxy) is 12. The molecule has 0 aromatic heterocycles. The van der Waals surface area contributed by atoms with Crippen LogP contribution in [0.1, 0.15) is 233 Å². The van der Waals surface area contributed by atoms with E-state index in [9.17, 15) is 102 Å². The molecule has 0 aromatic rings. The lowest BCUT2D eigenvalue weighted by molar-refractivity contribution is -0.389. The van der Waals surface area contributed by atoms with Crippen molar-refractivity contribution < 1.29 is 158 Å². The van der Waals surface area contributed by atoms with Crippen LogP contribution < -0.4 is 10.6 Å². The average molecular weight is 1620 g/mol. The molecule has 6 aliphatic heterocycles. The van der Waals surface area contributed by atoms with E-state index >= 15 is 0 Å². The summed E-state index contributed by atoms with van der Waals surface area (Å²) in [5.41, 5.74) is 0. The van der Waals surface area contributed by atoms with Crippen molar-refractivity contribution in [3.05, 3.63) is 12.2 Å². The quantitative estimate of drug-likeness (QED) is 0.0282. The Hall–Kier alpha value is -2.52. The maximum atomic E-state index is 13.5. The van der Waals surface area contributed by atoms with Gasteiger partial charge >= 0.3 is 0 Å². The Labute approximate surface area is 659 Å². The van der Waals surface area contributed by atoms with Crippen LogP contribution in [-0.4, -0.2) is 340 Å². The molecule has 0 aromatic carbocycles. The zero-order chi connectivity index (χ0) is 81.8. The first-order valence-corrected chi connectivity index (χ1v) is 41.8. The first-order chi connectivity index (χ1) is 53.9. The average Bonchev–Trinajstić information content (AvgIpc) is 0.755. The number of unbranched alkanes of at least 4 members (excludes halogenated alkanes) is 29. The summed E-state index contributed by atoms with van der Waals surface area (Å²) in [4.78, 5) is 26.4. The number of aliphatic hydroxyl groups is 18. The molecule has 20 N–H and O–H groups in total. The molecule has 6 saturated heterocycles. The molecule has 0 saturated carbocycles. The van der Waals surface area contributed by atoms with Crippen LogP contribution in [-0.2, 0) is 66.4 Å². The number of rotatable bonds is 54. The Bertz CT molecular complexity index is 2520. The Morgan fingerprint density at radius 3 is 1.15 bits per heavy atom. The Kier molecular flexibility index (Phi) is 46.7. The zero-order valence-corrected chi connectivity index (χ0v) is 66.3. The zero-order valence-electron chi connectivity index (χ0n) is 66.3.